The van der Waals surface area contributed by atoms with E-state index in [1.54, 1.807) is 0 Å². The molecule has 4 heteroatoms. The summed E-state index contributed by atoms with van der Waals surface area (Å²) in [6.45, 7) is 4.62. The van der Waals surface area contributed by atoms with Crippen LogP contribution in [0.3, 0.4) is 0 Å². The van der Waals surface area contributed by atoms with E-state index in [4.69, 9.17) is 5.73 Å². The smallest absolute Gasteiger partial charge is 0.106 e. The molecule has 17 heavy (non-hydrogen) atoms. The van der Waals surface area contributed by atoms with E-state index in [2.05, 4.69) is 17.3 Å². The lowest BCUT2D eigenvalue weighted by molar-refractivity contribution is 0.0109. The average molecular weight is 237 g/mol. The SMILES string of the molecule is CC(N)C1=CC=C(C2(O)CCN(C)CC2)NC1. The molecule has 2 heterocycles. The highest BCUT2D eigenvalue weighted by Crippen LogP contribution is 2.29. The summed E-state index contributed by atoms with van der Waals surface area (Å²) in [5.41, 5.74) is 7.30. The van der Waals surface area contributed by atoms with Gasteiger partial charge in [-0.05, 0) is 38.5 Å². The Hall–Kier alpha value is -0.840. The van der Waals surface area contributed by atoms with Gasteiger partial charge in [-0.1, -0.05) is 6.08 Å². The fraction of sp³-hybridized carbons (Fsp3) is 0.692. The van der Waals surface area contributed by atoms with E-state index in [1.165, 1.54) is 5.57 Å². The number of nitrogens with one attached hydrogen (secondary N) is 1. The summed E-state index contributed by atoms with van der Waals surface area (Å²) in [5, 5.41) is 13.9. The predicted molar refractivity (Wildman–Crippen MR) is 69.5 cm³/mol. The number of hydrogen-bond donors (Lipinski definition) is 3. The number of aliphatic hydroxyl groups is 1. The minimum atomic E-state index is -0.674. The van der Waals surface area contributed by atoms with Crippen molar-refractivity contribution in [3.63, 3.8) is 0 Å². The molecule has 2 aliphatic heterocycles. The van der Waals surface area contributed by atoms with Crippen LogP contribution >= 0.6 is 0 Å². The molecular formula is C13H23N3O. The van der Waals surface area contributed by atoms with E-state index in [1.807, 2.05) is 19.1 Å². The molecule has 0 bridgehead atoms. The minimum Gasteiger partial charge on any atom is -0.384 e. The molecule has 0 amide bonds. The number of piperidine rings is 1. The molecule has 96 valence electrons. The van der Waals surface area contributed by atoms with Gasteiger partial charge in [0, 0.05) is 31.4 Å². The first kappa shape index (κ1) is 12.6. The molecule has 1 fully saturated rings. The zero-order valence-electron chi connectivity index (χ0n) is 10.7. The highest BCUT2D eigenvalue weighted by atomic mass is 16.3. The van der Waals surface area contributed by atoms with Crippen LogP contribution in [0.4, 0.5) is 0 Å². The first-order valence-electron chi connectivity index (χ1n) is 6.33. The third-order valence-electron chi connectivity index (χ3n) is 3.85. The van der Waals surface area contributed by atoms with Crippen molar-refractivity contribution >= 4 is 0 Å². The fourth-order valence-corrected chi connectivity index (χ4v) is 2.40. The summed E-state index contributed by atoms with van der Waals surface area (Å²) in [7, 11) is 2.09. The van der Waals surface area contributed by atoms with Crippen LogP contribution < -0.4 is 11.1 Å². The number of dihydropyridines is 1. The fourth-order valence-electron chi connectivity index (χ4n) is 2.40. The molecule has 0 aromatic rings. The van der Waals surface area contributed by atoms with Crippen molar-refractivity contribution in [3.8, 4) is 0 Å². The van der Waals surface area contributed by atoms with Crippen LogP contribution in [0.1, 0.15) is 19.8 Å². The summed E-state index contributed by atoms with van der Waals surface area (Å²) in [5.74, 6) is 0. The zero-order chi connectivity index (χ0) is 12.5. The van der Waals surface area contributed by atoms with Gasteiger partial charge >= 0.3 is 0 Å². The molecule has 1 saturated heterocycles. The lowest BCUT2D eigenvalue weighted by Gasteiger charge is -2.39. The van der Waals surface area contributed by atoms with E-state index in [0.717, 1.165) is 38.2 Å². The van der Waals surface area contributed by atoms with Crippen molar-refractivity contribution in [1.29, 1.82) is 0 Å². The molecule has 0 aromatic heterocycles. The van der Waals surface area contributed by atoms with Crippen LogP contribution in [0.25, 0.3) is 0 Å². The van der Waals surface area contributed by atoms with E-state index < -0.39 is 5.60 Å². The van der Waals surface area contributed by atoms with Gasteiger partial charge in [0.25, 0.3) is 0 Å². The van der Waals surface area contributed by atoms with Gasteiger partial charge in [0.2, 0.25) is 0 Å². The van der Waals surface area contributed by atoms with E-state index in [-0.39, 0.29) is 6.04 Å². The van der Waals surface area contributed by atoms with Crippen molar-refractivity contribution in [2.75, 3.05) is 26.7 Å². The molecule has 0 saturated carbocycles. The number of allylic oxidation sites excluding steroid dienone is 2. The molecule has 0 radical (unpaired) electrons. The third-order valence-corrected chi connectivity index (χ3v) is 3.85. The molecule has 0 aromatic carbocycles. The van der Waals surface area contributed by atoms with Crippen LogP contribution in [0.15, 0.2) is 23.4 Å². The summed E-state index contributed by atoms with van der Waals surface area (Å²) >= 11 is 0. The van der Waals surface area contributed by atoms with Crippen molar-refractivity contribution in [2.45, 2.75) is 31.4 Å². The summed E-state index contributed by atoms with van der Waals surface area (Å²) in [6.07, 6.45) is 5.63. The minimum absolute atomic E-state index is 0.0763. The summed E-state index contributed by atoms with van der Waals surface area (Å²) in [4.78, 5) is 2.25. The molecule has 1 atom stereocenters. The zero-order valence-corrected chi connectivity index (χ0v) is 10.7. The van der Waals surface area contributed by atoms with Gasteiger partial charge < -0.3 is 21.1 Å². The topological polar surface area (TPSA) is 61.5 Å². The third kappa shape index (κ3) is 2.70. The molecule has 0 spiro atoms. The maximum absolute atomic E-state index is 10.6. The van der Waals surface area contributed by atoms with Gasteiger partial charge in [0.1, 0.15) is 5.60 Å². The number of hydrogen-bond acceptors (Lipinski definition) is 4. The van der Waals surface area contributed by atoms with E-state index in [0.29, 0.717) is 0 Å². The second-order valence-corrected chi connectivity index (χ2v) is 5.30. The standard InChI is InChI=1S/C13H23N3O/c1-10(14)11-3-4-12(15-9-11)13(17)5-7-16(2)8-6-13/h3-4,10,15,17H,5-9,14H2,1-2H3. The second-order valence-electron chi connectivity index (χ2n) is 5.30. The van der Waals surface area contributed by atoms with Gasteiger partial charge in [0.15, 0.2) is 0 Å². The Morgan fingerprint density at radius 3 is 2.53 bits per heavy atom. The van der Waals surface area contributed by atoms with Gasteiger partial charge in [-0.3, -0.25) is 0 Å². The van der Waals surface area contributed by atoms with Crippen molar-refractivity contribution < 1.29 is 5.11 Å². The maximum atomic E-state index is 10.6. The summed E-state index contributed by atoms with van der Waals surface area (Å²) < 4.78 is 0. The molecule has 4 nitrogen and oxygen atoms in total. The number of nitrogens with zero attached hydrogens (tertiary/aromatic N) is 1. The van der Waals surface area contributed by atoms with E-state index in [9.17, 15) is 5.11 Å². The molecular weight excluding hydrogens is 214 g/mol. The Morgan fingerprint density at radius 1 is 1.41 bits per heavy atom. The number of nitrogens with two attached hydrogens (primary N) is 1. The highest BCUT2D eigenvalue weighted by Gasteiger charge is 2.35. The normalized spacial score (nSPS) is 26.8. The monoisotopic (exact) mass is 237 g/mol. The Labute approximate surface area is 103 Å². The van der Waals surface area contributed by atoms with Crippen LogP contribution in [0, 0.1) is 0 Å². The predicted octanol–water partition coefficient (Wildman–Crippen LogP) is 0.204. The highest BCUT2D eigenvalue weighted by molar-refractivity contribution is 5.31. The summed E-state index contributed by atoms with van der Waals surface area (Å²) in [6, 6.07) is 0.0763. The van der Waals surface area contributed by atoms with Crippen molar-refractivity contribution in [2.24, 2.45) is 5.73 Å². The lowest BCUT2D eigenvalue weighted by Crippen LogP contribution is -2.48. The van der Waals surface area contributed by atoms with Crippen LogP contribution in [0.2, 0.25) is 0 Å². The number of likely N-dealkylation sites (tertiary alicyclic amines) is 1. The Morgan fingerprint density at radius 2 is 2.06 bits per heavy atom. The van der Waals surface area contributed by atoms with Gasteiger partial charge in [-0.15, -0.1) is 0 Å². The molecule has 1 unspecified atom stereocenters. The van der Waals surface area contributed by atoms with E-state index >= 15 is 0 Å². The van der Waals surface area contributed by atoms with Gasteiger partial charge in [-0.2, -0.15) is 0 Å². The van der Waals surface area contributed by atoms with Crippen molar-refractivity contribution in [1.82, 2.24) is 10.2 Å². The van der Waals surface area contributed by atoms with Crippen molar-refractivity contribution in [3.05, 3.63) is 23.4 Å². The molecule has 2 rings (SSSR count). The van der Waals surface area contributed by atoms with Crippen LogP contribution in [0.5, 0.6) is 0 Å². The first-order chi connectivity index (χ1) is 8.01. The van der Waals surface area contributed by atoms with Gasteiger partial charge in [0.05, 0.1) is 0 Å². The van der Waals surface area contributed by atoms with Gasteiger partial charge in [-0.25, -0.2) is 0 Å². The first-order valence-corrected chi connectivity index (χ1v) is 6.33. The Bertz CT molecular complexity index is 339. The maximum Gasteiger partial charge on any atom is 0.106 e. The van der Waals surface area contributed by atoms with Crippen LogP contribution in [-0.2, 0) is 0 Å². The quantitative estimate of drug-likeness (QED) is 0.642. The molecule has 2 aliphatic rings. The second kappa shape index (κ2) is 4.80. The molecule has 0 aliphatic carbocycles. The van der Waals surface area contributed by atoms with Crippen LogP contribution in [-0.4, -0.2) is 48.3 Å². The Balaban J connectivity index is 2.08. The molecule has 4 N–H and O–H groups in total. The average Bonchev–Trinajstić information content (AvgIpc) is 2.33. The number of rotatable bonds is 2. The lowest BCUT2D eigenvalue weighted by atomic mass is 9.86. The largest absolute Gasteiger partial charge is 0.384 e. The Kier molecular flexibility index (Phi) is 3.56.